The van der Waals surface area contributed by atoms with E-state index in [1.54, 1.807) is 6.07 Å². The summed E-state index contributed by atoms with van der Waals surface area (Å²) in [4.78, 5) is 16.0. The fourth-order valence-corrected chi connectivity index (χ4v) is 3.62. The Morgan fingerprint density at radius 1 is 0.893 bits per heavy atom. The molecular formula is C23H22N4O. The van der Waals surface area contributed by atoms with Crippen LogP contribution in [0.2, 0.25) is 0 Å². The first-order valence-corrected chi connectivity index (χ1v) is 9.15. The van der Waals surface area contributed by atoms with E-state index in [0.29, 0.717) is 12.1 Å². The zero-order valence-corrected chi connectivity index (χ0v) is 15.9. The number of aryl methyl sites for hydroxylation is 2. The highest BCUT2D eigenvalue weighted by molar-refractivity contribution is 6.11. The third kappa shape index (κ3) is 3.11. The van der Waals surface area contributed by atoms with Crippen LogP contribution in [0.5, 0.6) is 0 Å². The summed E-state index contributed by atoms with van der Waals surface area (Å²) in [5.41, 5.74) is 17.1. The molecule has 4 rings (SSSR count). The van der Waals surface area contributed by atoms with E-state index in [9.17, 15) is 4.79 Å². The van der Waals surface area contributed by atoms with Crippen LogP contribution in [-0.4, -0.2) is 16.4 Å². The van der Waals surface area contributed by atoms with Crippen molar-refractivity contribution in [2.24, 2.45) is 16.5 Å². The Hall–Kier alpha value is -3.60. The van der Waals surface area contributed by atoms with Crippen molar-refractivity contribution in [3.63, 3.8) is 0 Å². The number of benzene rings is 3. The molecule has 0 spiro atoms. The first kappa shape index (κ1) is 17.8. The summed E-state index contributed by atoms with van der Waals surface area (Å²) in [6.45, 7) is 4.95. The summed E-state index contributed by atoms with van der Waals surface area (Å²) < 4.78 is 2.24. The summed E-state index contributed by atoms with van der Waals surface area (Å²) in [7, 11) is 0. The molecule has 0 aliphatic carbocycles. The van der Waals surface area contributed by atoms with Crippen LogP contribution in [0.3, 0.4) is 0 Å². The molecule has 3 aromatic carbocycles. The average molecular weight is 370 g/mol. The molecule has 1 heterocycles. The molecule has 0 fully saturated rings. The number of amides is 1. The van der Waals surface area contributed by atoms with Crippen LogP contribution in [0, 0.1) is 13.8 Å². The average Bonchev–Trinajstić information content (AvgIpc) is 2.97. The molecule has 1 amide bonds. The number of hydrogen-bond donors (Lipinski definition) is 2. The van der Waals surface area contributed by atoms with E-state index in [1.807, 2.05) is 24.3 Å². The molecule has 0 radical (unpaired) electrons. The molecule has 0 unspecified atom stereocenters. The summed E-state index contributed by atoms with van der Waals surface area (Å²) in [5.74, 6) is -0.675. The lowest BCUT2D eigenvalue weighted by atomic mass is 10.1. The van der Waals surface area contributed by atoms with Gasteiger partial charge in [0.25, 0.3) is 5.91 Å². The van der Waals surface area contributed by atoms with Gasteiger partial charge in [-0.25, -0.2) is 0 Å². The normalized spacial score (nSPS) is 11.1. The quantitative estimate of drug-likeness (QED) is 0.424. The fraction of sp³-hybridized carbons (Fsp3) is 0.130. The van der Waals surface area contributed by atoms with Crippen LogP contribution in [-0.2, 0) is 6.54 Å². The first-order chi connectivity index (χ1) is 13.4. The van der Waals surface area contributed by atoms with E-state index in [2.05, 4.69) is 53.7 Å². The molecule has 4 N–H and O–H groups in total. The second-order valence-corrected chi connectivity index (χ2v) is 7.10. The van der Waals surface area contributed by atoms with Crippen LogP contribution in [0.4, 0.5) is 0 Å². The van der Waals surface area contributed by atoms with Gasteiger partial charge in [0.1, 0.15) is 0 Å². The van der Waals surface area contributed by atoms with Gasteiger partial charge in [0.2, 0.25) is 0 Å². The summed E-state index contributed by atoms with van der Waals surface area (Å²) in [6, 6.07) is 20.4. The van der Waals surface area contributed by atoms with E-state index in [4.69, 9.17) is 11.5 Å². The standard InChI is InChI=1S/C23H22N4O/c1-14-7-8-16(11-15(14)2)13-27-20-6-4-3-5-18(20)19-10-9-17(12-21(19)27)22(28)26-23(24)25/h3-12H,13H2,1-2H3,(H4,24,25,26,28). The summed E-state index contributed by atoms with van der Waals surface area (Å²) in [5, 5.41) is 2.25. The van der Waals surface area contributed by atoms with Crippen molar-refractivity contribution in [3.05, 3.63) is 82.9 Å². The van der Waals surface area contributed by atoms with E-state index in [1.165, 1.54) is 16.7 Å². The minimum atomic E-state index is -0.440. The van der Waals surface area contributed by atoms with E-state index < -0.39 is 5.91 Å². The largest absolute Gasteiger partial charge is 0.370 e. The van der Waals surface area contributed by atoms with Gasteiger partial charge in [-0.05, 0) is 48.7 Å². The molecule has 0 saturated carbocycles. The molecule has 0 atom stereocenters. The van der Waals surface area contributed by atoms with Crippen LogP contribution >= 0.6 is 0 Å². The molecule has 140 valence electrons. The number of fused-ring (bicyclic) bond motifs is 3. The number of para-hydroxylation sites is 1. The lowest BCUT2D eigenvalue weighted by Crippen LogP contribution is -2.24. The topological polar surface area (TPSA) is 86.4 Å². The molecule has 0 aliphatic heterocycles. The lowest BCUT2D eigenvalue weighted by molar-refractivity contribution is 0.100. The van der Waals surface area contributed by atoms with Gasteiger partial charge in [0, 0.05) is 28.4 Å². The van der Waals surface area contributed by atoms with Gasteiger partial charge in [-0.2, -0.15) is 4.99 Å². The lowest BCUT2D eigenvalue weighted by Gasteiger charge is -2.10. The zero-order chi connectivity index (χ0) is 19.8. The van der Waals surface area contributed by atoms with Crippen LogP contribution in [0.25, 0.3) is 21.8 Å². The Kier molecular flexibility index (Phi) is 4.35. The first-order valence-electron chi connectivity index (χ1n) is 9.15. The van der Waals surface area contributed by atoms with E-state index in [0.717, 1.165) is 21.8 Å². The number of aromatic nitrogens is 1. The number of rotatable bonds is 3. The van der Waals surface area contributed by atoms with Crippen molar-refractivity contribution in [1.82, 2.24) is 4.57 Å². The van der Waals surface area contributed by atoms with Gasteiger partial charge in [-0.1, -0.05) is 42.5 Å². The number of carbonyl (C=O) groups is 1. The number of nitrogens with two attached hydrogens (primary N) is 2. The molecule has 4 aromatic rings. The predicted octanol–water partition coefficient (Wildman–Crippen LogP) is 3.87. The van der Waals surface area contributed by atoms with Gasteiger partial charge in [0.15, 0.2) is 5.96 Å². The van der Waals surface area contributed by atoms with Crippen molar-refractivity contribution in [3.8, 4) is 0 Å². The van der Waals surface area contributed by atoms with Crippen molar-refractivity contribution in [2.75, 3.05) is 0 Å². The van der Waals surface area contributed by atoms with E-state index >= 15 is 0 Å². The SMILES string of the molecule is Cc1ccc(Cn2c3ccccc3c3ccc(C(=O)N=C(N)N)cc32)cc1C. The number of guanidine groups is 1. The molecule has 5 heteroatoms. The number of carbonyl (C=O) groups excluding carboxylic acids is 1. The van der Waals surface area contributed by atoms with Crippen LogP contribution in [0.1, 0.15) is 27.0 Å². The Balaban J connectivity index is 1.92. The molecule has 0 bridgehead atoms. The number of nitrogens with zero attached hydrogens (tertiary/aromatic N) is 2. The highest BCUT2D eigenvalue weighted by Gasteiger charge is 2.14. The molecule has 0 aliphatic rings. The molecular weight excluding hydrogens is 348 g/mol. The minimum absolute atomic E-state index is 0.235. The van der Waals surface area contributed by atoms with Gasteiger partial charge in [0.05, 0.1) is 5.52 Å². The molecule has 0 saturated heterocycles. The smallest absolute Gasteiger partial charge is 0.280 e. The Morgan fingerprint density at radius 3 is 2.39 bits per heavy atom. The van der Waals surface area contributed by atoms with Gasteiger partial charge in [-0.3, -0.25) is 4.79 Å². The van der Waals surface area contributed by atoms with E-state index in [-0.39, 0.29) is 5.96 Å². The summed E-state index contributed by atoms with van der Waals surface area (Å²) >= 11 is 0. The monoisotopic (exact) mass is 370 g/mol. The maximum absolute atomic E-state index is 12.3. The maximum atomic E-state index is 12.3. The fourth-order valence-electron chi connectivity index (χ4n) is 3.62. The van der Waals surface area contributed by atoms with Gasteiger partial charge >= 0.3 is 0 Å². The zero-order valence-electron chi connectivity index (χ0n) is 15.9. The third-order valence-corrected chi connectivity index (χ3v) is 5.16. The van der Waals surface area contributed by atoms with Gasteiger partial charge < -0.3 is 16.0 Å². The minimum Gasteiger partial charge on any atom is -0.370 e. The van der Waals surface area contributed by atoms with Crippen LogP contribution in [0.15, 0.2) is 65.7 Å². The number of hydrogen-bond acceptors (Lipinski definition) is 1. The van der Waals surface area contributed by atoms with Crippen molar-refractivity contribution in [2.45, 2.75) is 20.4 Å². The Labute approximate surface area is 163 Å². The Bertz CT molecular complexity index is 1250. The second-order valence-electron chi connectivity index (χ2n) is 7.10. The Morgan fingerprint density at radius 2 is 1.64 bits per heavy atom. The van der Waals surface area contributed by atoms with Crippen molar-refractivity contribution >= 4 is 33.7 Å². The van der Waals surface area contributed by atoms with Crippen LogP contribution < -0.4 is 11.5 Å². The highest BCUT2D eigenvalue weighted by Crippen LogP contribution is 2.30. The molecule has 5 nitrogen and oxygen atoms in total. The number of aliphatic imine (C=N–C) groups is 1. The van der Waals surface area contributed by atoms with Crippen molar-refractivity contribution < 1.29 is 4.79 Å². The second kappa shape index (κ2) is 6.85. The highest BCUT2D eigenvalue weighted by atomic mass is 16.1. The molecule has 1 aromatic heterocycles. The van der Waals surface area contributed by atoms with Gasteiger partial charge in [-0.15, -0.1) is 0 Å². The maximum Gasteiger partial charge on any atom is 0.280 e. The third-order valence-electron chi connectivity index (χ3n) is 5.16. The van der Waals surface area contributed by atoms with Crippen molar-refractivity contribution in [1.29, 1.82) is 0 Å². The predicted molar refractivity (Wildman–Crippen MR) is 115 cm³/mol. The summed E-state index contributed by atoms with van der Waals surface area (Å²) in [6.07, 6.45) is 0. The molecule has 28 heavy (non-hydrogen) atoms.